The molecule has 7 nitrogen and oxygen atoms in total. The molecule has 3 N–H and O–H groups in total. The van der Waals surface area contributed by atoms with Crippen molar-refractivity contribution in [2.24, 2.45) is 0 Å². The number of carbonyl (C=O) groups is 2. The molecule has 1 atom stereocenters. The van der Waals surface area contributed by atoms with Crippen molar-refractivity contribution in [3.05, 3.63) is 52.6 Å². The summed E-state index contributed by atoms with van der Waals surface area (Å²) in [5, 5.41) is 13.9. The minimum absolute atomic E-state index is 0.225. The van der Waals surface area contributed by atoms with Crippen LogP contribution in [0, 0.1) is 0 Å². The summed E-state index contributed by atoms with van der Waals surface area (Å²) in [4.78, 5) is 27.5. The number of hydrogen-bond acceptors (Lipinski definition) is 4. The SMILES string of the molecule is COc1ncc(Br)cc1NC(=O)C(Cc1ccccc1)NC(=O)O. The Morgan fingerprint density at radius 1 is 1.33 bits per heavy atom. The van der Waals surface area contributed by atoms with Gasteiger partial charge in [0.1, 0.15) is 11.7 Å². The molecule has 0 aliphatic heterocycles. The minimum atomic E-state index is -1.27. The quantitative estimate of drug-likeness (QED) is 0.700. The highest BCUT2D eigenvalue weighted by Crippen LogP contribution is 2.25. The minimum Gasteiger partial charge on any atom is -0.480 e. The van der Waals surface area contributed by atoms with Gasteiger partial charge < -0.3 is 20.5 Å². The van der Waals surface area contributed by atoms with E-state index < -0.39 is 18.0 Å². The highest BCUT2D eigenvalue weighted by atomic mass is 79.9. The maximum absolute atomic E-state index is 12.5. The summed E-state index contributed by atoms with van der Waals surface area (Å²) < 4.78 is 5.75. The fourth-order valence-electron chi connectivity index (χ4n) is 2.11. The average Bonchev–Trinajstić information content (AvgIpc) is 2.55. The van der Waals surface area contributed by atoms with E-state index in [1.807, 2.05) is 30.3 Å². The fourth-order valence-corrected chi connectivity index (χ4v) is 2.44. The van der Waals surface area contributed by atoms with Crippen molar-refractivity contribution in [1.29, 1.82) is 0 Å². The summed E-state index contributed by atoms with van der Waals surface area (Å²) in [6, 6.07) is 9.83. The number of rotatable bonds is 6. The molecule has 0 radical (unpaired) electrons. The largest absolute Gasteiger partial charge is 0.480 e. The van der Waals surface area contributed by atoms with Crippen LogP contribution in [0.3, 0.4) is 0 Å². The Morgan fingerprint density at radius 3 is 2.67 bits per heavy atom. The molecule has 0 bridgehead atoms. The number of hydrogen-bond donors (Lipinski definition) is 3. The number of nitrogens with one attached hydrogen (secondary N) is 2. The first-order valence-corrected chi connectivity index (χ1v) is 7.82. The number of aromatic nitrogens is 1. The van der Waals surface area contributed by atoms with E-state index in [0.29, 0.717) is 10.2 Å². The van der Waals surface area contributed by atoms with E-state index in [0.717, 1.165) is 5.56 Å². The van der Waals surface area contributed by atoms with Gasteiger partial charge in [0, 0.05) is 17.1 Å². The summed E-state index contributed by atoms with van der Waals surface area (Å²) in [5.74, 6) is -0.264. The third-order valence-corrected chi connectivity index (χ3v) is 3.60. The van der Waals surface area contributed by atoms with Crippen LogP contribution in [0.5, 0.6) is 5.88 Å². The van der Waals surface area contributed by atoms with E-state index in [-0.39, 0.29) is 12.3 Å². The Balaban J connectivity index is 2.18. The van der Waals surface area contributed by atoms with E-state index in [4.69, 9.17) is 9.84 Å². The van der Waals surface area contributed by atoms with E-state index in [1.165, 1.54) is 13.3 Å². The van der Waals surface area contributed by atoms with Crippen LogP contribution < -0.4 is 15.4 Å². The van der Waals surface area contributed by atoms with Gasteiger partial charge in [0.25, 0.3) is 0 Å². The van der Waals surface area contributed by atoms with Crippen molar-refractivity contribution >= 4 is 33.6 Å². The number of amides is 2. The van der Waals surface area contributed by atoms with E-state index in [9.17, 15) is 9.59 Å². The molecule has 2 aromatic rings. The van der Waals surface area contributed by atoms with Crippen molar-refractivity contribution in [2.75, 3.05) is 12.4 Å². The molecule has 0 spiro atoms. The molecule has 0 aliphatic rings. The molecule has 24 heavy (non-hydrogen) atoms. The van der Waals surface area contributed by atoms with E-state index in [1.54, 1.807) is 6.07 Å². The Kier molecular flexibility index (Phi) is 6.14. The van der Waals surface area contributed by atoms with Crippen molar-refractivity contribution in [3.8, 4) is 5.88 Å². The van der Waals surface area contributed by atoms with Crippen LogP contribution in [0.4, 0.5) is 10.5 Å². The van der Waals surface area contributed by atoms with Crippen LogP contribution in [0.25, 0.3) is 0 Å². The maximum Gasteiger partial charge on any atom is 0.405 e. The van der Waals surface area contributed by atoms with Gasteiger partial charge in [-0.2, -0.15) is 0 Å². The number of halogens is 1. The first kappa shape index (κ1) is 17.7. The lowest BCUT2D eigenvalue weighted by Crippen LogP contribution is -2.44. The van der Waals surface area contributed by atoms with Crippen LogP contribution in [0.1, 0.15) is 5.56 Å². The van der Waals surface area contributed by atoms with Crippen molar-refractivity contribution in [1.82, 2.24) is 10.3 Å². The summed E-state index contributed by atoms with van der Waals surface area (Å²) in [6.07, 6.45) is 0.485. The number of pyridine rings is 1. The van der Waals surface area contributed by atoms with E-state index >= 15 is 0 Å². The molecule has 126 valence electrons. The zero-order chi connectivity index (χ0) is 17.5. The smallest absolute Gasteiger partial charge is 0.405 e. The van der Waals surface area contributed by atoms with Crippen LogP contribution in [-0.4, -0.2) is 35.2 Å². The van der Waals surface area contributed by atoms with Gasteiger partial charge in [-0.05, 0) is 27.6 Å². The van der Waals surface area contributed by atoms with Crippen molar-refractivity contribution in [3.63, 3.8) is 0 Å². The standard InChI is InChI=1S/C16H16BrN3O4/c1-24-15-13(8-11(17)9-18-15)19-14(21)12(20-16(22)23)7-10-5-3-2-4-6-10/h2-6,8-9,12,20H,7H2,1H3,(H,19,21)(H,22,23). The lowest BCUT2D eigenvalue weighted by atomic mass is 10.1. The Morgan fingerprint density at radius 2 is 2.04 bits per heavy atom. The molecule has 1 unspecified atom stereocenters. The molecular formula is C16H16BrN3O4. The number of carboxylic acid groups (broad SMARTS) is 1. The predicted molar refractivity (Wildman–Crippen MR) is 92.2 cm³/mol. The number of ether oxygens (including phenoxy) is 1. The molecule has 2 amide bonds. The molecule has 1 heterocycles. The van der Waals surface area contributed by atoms with Crippen molar-refractivity contribution < 1.29 is 19.4 Å². The third kappa shape index (κ3) is 4.95. The second kappa shape index (κ2) is 8.30. The zero-order valence-corrected chi connectivity index (χ0v) is 14.4. The van der Waals surface area contributed by atoms with E-state index in [2.05, 4.69) is 31.5 Å². The first-order valence-electron chi connectivity index (χ1n) is 7.03. The first-order chi connectivity index (χ1) is 11.5. The lowest BCUT2D eigenvalue weighted by Gasteiger charge is -2.18. The number of methoxy groups -OCH3 is 1. The third-order valence-electron chi connectivity index (χ3n) is 3.17. The molecule has 2 rings (SSSR count). The number of nitrogens with zero attached hydrogens (tertiary/aromatic N) is 1. The maximum atomic E-state index is 12.5. The van der Waals surface area contributed by atoms with Crippen LogP contribution in [0.15, 0.2) is 47.1 Å². The van der Waals surface area contributed by atoms with Crippen LogP contribution in [0.2, 0.25) is 0 Å². The van der Waals surface area contributed by atoms with Gasteiger partial charge >= 0.3 is 6.09 Å². The highest BCUT2D eigenvalue weighted by molar-refractivity contribution is 9.10. The summed E-state index contributed by atoms with van der Waals surface area (Å²) >= 11 is 3.27. The molecule has 0 aliphatic carbocycles. The molecule has 0 saturated carbocycles. The van der Waals surface area contributed by atoms with Crippen LogP contribution >= 0.6 is 15.9 Å². The van der Waals surface area contributed by atoms with Gasteiger partial charge in [-0.1, -0.05) is 30.3 Å². The molecule has 1 aromatic heterocycles. The van der Waals surface area contributed by atoms with Gasteiger partial charge in [0.15, 0.2) is 0 Å². The fraction of sp³-hybridized carbons (Fsp3) is 0.188. The summed E-state index contributed by atoms with van der Waals surface area (Å²) in [6.45, 7) is 0. The molecule has 8 heteroatoms. The molecule has 0 fully saturated rings. The number of carbonyl (C=O) groups excluding carboxylic acids is 1. The summed E-state index contributed by atoms with van der Waals surface area (Å²) in [5.41, 5.74) is 1.19. The molecule has 0 saturated heterocycles. The topological polar surface area (TPSA) is 101 Å². The molecule has 1 aromatic carbocycles. The Hall–Kier alpha value is -2.61. The summed E-state index contributed by atoms with van der Waals surface area (Å²) in [7, 11) is 1.43. The average molecular weight is 394 g/mol. The highest BCUT2D eigenvalue weighted by Gasteiger charge is 2.22. The number of benzene rings is 1. The normalized spacial score (nSPS) is 11.4. The van der Waals surface area contributed by atoms with Crippen molar-refractivity contribution in [2.45, 2.75) is 12.5 Å². The Labute approximate surface area is 147 Å². The van der Waals surface area contributed by atoms with Crippen LogP contribution in [-0.2, 0) is 11.2 Å². The number of anilines is 1. The van der Waals surface area contributed by atoms with Gasteiger partial charge in [-0.3, -0.25) is 4.79 Å². The predicted octanol–water partition coefficient (Wildman–Crippen LogP) is 2.67. The van der Waals surface area contributed by atoms with Gasteiger partial charge in [0.2, 0.25) is 11.8 Å². The zero-order valence-electron chi connectivity index (χ0n) is 12.8. The monoisotopic (exact) mass is 393 g/mol. The van der Waals surface area contributed by atoms with Gasteiger partial charge in [-0.15, -0.1) is 0 Å². The second-order valence-corrected chi connectivity index (χ2v) is 5.81. The van der Waals surface area contributed by atoms with Gasteiger partial charge in [0.05, 0.1) is 7.11 Å². The van der Waals surface area contributed by atoms with Gasteiger partial charge in [-0.25, -0.2) is 9.78 Å². The molecular weight excluding hydrogens is 378 g/mol. The Bertz CT molecular complexity index is 725. The second-order valence-electron chi connectivity index (χ2n) is 4.89. The lowest BCUT2D eigenvalue weighted by molar-refractivity contribution is -0.118.